The molecule has 8 heteroatoms. The van der Waals surface area contributed by atoms with Crippen molar-refractivity contribution >= 4 is 11.8 Å². The first-order valence-electron chi connectivity index (χ1n) is 8.38. The van der Waals surface area contributed by atoms with Crippen LogP contribution in [0.15, 0.2) is 18.2 Å². The van der Waals surface area contributed by atoms with E-state index in [4.69, 9.17) is 14.2 Å². The summed E-state index contributed by atoms with van der Waals surface area (Å²) in [6.45, 7) is 2.30. The third-order valence-electron chi connectivity index (χ3n) is 4.77. The molecule has 0 aliphatic carbocycles. The Morgan fingerprint density at radius 1 is 1.12 bits per heavy atom. The van der Waals surface area contributed by atoms with E-state index in [0.717, 1.165) is 0 Å². The molecule has 2 atom stereocenters. The fourth-order valence-electron chi connectivity index (χ4n) is 3.46. The molecule has 0 spiro atoms. The second kappa shape index (κ2) is 6.53. The summed E-state index contributed by atoms with van der Waals surface area (Å²) < 4.78 is 15.8. The molecule has 2 unspecified atom stereocenters. The van der Waals surface area contributed by atoms with Gasteiger partial charge >= 0.3 is 0 Å². The van der Waals surface area contributed by atoms with E-state index >= 15 is 0 Å². The quantitative estimate of drug-likeness (QED) is 0.800. The number of morpholine rings is 1. The molecule has 8 nitrogen and oxygen atoms in total. The maximum absolute atomic E-state index is 12.9. The molecule has 3 aliphatic heterocycles. The van der Waals surface area contributed by atoms with Crippen molar-refractivity contribution in [3.63, 3.8) is 0 Å². The topological polar surface area (TPSA) is 88.5 Å². The number of benzene rings is 1. The molecule has 2 saturated heterocycles. The van der Waals surface area contributed by atoms with Crippen molar-refractivity contribution in [1.82, 2.24) is 9.80 Å². The highest BCUT2D eigenvalue weighted by Crippen LogP contribution is 2.33. The highest BCUT2D eigenvalue weighted by atomic mass is 16.7. The van der Waals surface area contributed by atoms with Crippen LogP contribution in [0.1, 0.15) is 16.8 Å². The zero-order chi connectivity index (χ0) is 17.4. The highest BCUT2D eigenvalue weighted by molar-refractivity contribution is 5.98. The lowest BCUT2D eigenvalue weighted by atomic mass is 10.1. The van der Waals surface area contributed by atoms with Crippen LogP contribution < -0.4 is 9.47 Å². The Morgan fingerprint density at radius 2 is 1.88 bits per heavy atom. The number of nitrogens with zero attached hydrogens (tertiary/aromatic N) is 2. The molecule has 2 fully saturated rings. The number of β-amino-alcohol motifs (C(OH)–C–C–N with tert-alkyl or cyclic N) is 1. The zero-order valence-corrected chi connectivity index (χ0v) is 13.7. The first-order valence-corrected chi connectivity index (χ1v) is 8.38. The molecule has 25 heavy (non-hydrogen) atoms. The number of hydrogen-bond acceptors (Lipinski definition) is 6. The third-order valence-corrected chi connectivity index (χ3v) is 4.77. The van der Waals surface area contributed by atoms with Gasteiger partial charge in [-0.25, -0.2) is 0 Å². The Bertz CT molecular complexity index is 688. The van der Waals surface area contributed by atoms with Crippen molar-refractivity contribution in [3.05, 3.63) is 23.8 Å². The Morgan fingerprint density at radius 3 is 2.68 bits per heavy atom. The predicted octanol–water partition coefficient (Wildman–Crippen LogP) is -0.151. The maximum atomic E-state index is 12.9. The van der Waals surface area contributed by atoms with Crippen LogP contribution in [0.5, 0.6) is 11.5 Å². The molecule has 1 aromatic rings. The first-order chi connectivity index (χ1) is 12.1. The molecule has 0 bridgehead atoms. The van der Waals surface area contributed by atoms with Crippen LogP contribution in [-0.2, 0) is 9.53 Å². The number of aliphatic hydroxyl groups excluding tert-OH is 1. The second-order valence-corrected chi connectivity index (χ2v) is 6.37. The van der Waals surface area contributed by atoms with Crippen LogP contribution in [0.4, 0.5) is 0 Å². The Hall–Kier alpha value is -2.32. The van der Waals surface area contributed by atoms with Crippen LogP contribution in [0, 0.1) is 0 Å². The van der Waals surface area contributed by atoms with Gasteiger partial charge in [0.2, 0.25) is 12.7 Å². The lowest BCUT2D eigenvalue weighted by Gasteiger charge is -2.32. The minimum absolute atomic E-state index is 0.131. The van der Waals surface area contributed by atoms with Crippen molar-refractivity contribution in [2.24, 2.45) is 0 Å². The lowest BCUT2D eigenvalue weighted by Crippen LogP contribution is -2.51. The van der Waals surface area contributed by atoms with E-state index in [1.807, 2.05) is 0 Å². The molecule has 4 rings (SSSR count). The molecular weight excluding hydrogens is 328 g/mol. The number of carbonyl (C=O) groups is 2. The summed E-state index contributed by atoms with van der Waals surface area (Å²) in [6.07, 6.45) is -0.445. The zero-order valence-electron chi connectivity index (χ0n) is 13.7. The Balaban J connectivity index is 1.54. The smallest absolute Gasteiger partial charge is 0.254 e. The largest absolute Gasteiger partial charge is 0.454 e. The number of ether oxygens (including phenoxy) is 3. The number of hydrogen-bond donors (Lipinski definition) is 1. The van der Waals surface area contributed by atoms with Crippen molar-refractivity contribution in [2.75, 3.05) is 39.6 Å². The fourth-order valence-corrected chi connectivity index (χ4v) is 3.46. The lowest BCUT2D eigenvalue weighted by molar-refractivity contribution is -0.139. The number of carbonyl (C=O) groups excluding carboxylic acids is 2. The van der Waals surface area contributed by atoms with Gasteiger partial charge in [0.15, 0.2) is 11.5 Å². The van der Waals surface area contributed by atoms with E-state index in [1.165, 1.54) is 4.90 Å². The minimum atomic E-state index is -0.701. The van der Waals surface area contributed by atoms with E-state index in [2.05, 4.69) is 0 Å². The number of fused-ring (bicyclic) bond motifs is 1. The summed E-state index contributed by atoms with van der Waals surface area (Å²) in [6, 6.07) is 4.30. The van der Waals surface area contributed by atoms with E-state index in [1.54, 1.807) is 23.1 Å². The van der Waals surface area contributed by atoms with E-state index < -0.39 is 12.1 Å². The van der Waals surface area contributed by atoms with Crippen LogP contribution in [0.2, 0.25) is 0 Å². The molecule has 3 heterocycles. The van der Waals surface area contributed by atoms with E-state index in [9.17, 15) is 14.7 Å². The maximum Gasteiger partial charge on any atom is 0.254 e. The number of rotatable bonds is 2. The van der Waals surface area contributed by atoms with Crippen LogP contribution in [-0.4, -0.2) is 78.5 Å². The van der Waals surface area contributed by atoms with Crippen LogP contribution in [0.3, 0.4) is 0 Å². The van der Waals surface area contributed by atoms with Crippen LogP contribution in [0.25, 0.3) is 0 Å². The molecular formula is C17H20N2O6. The van der Waals surface area contributed by atoms with Gasteiger partial charge in [0, 0.05) is 31.6 Å². The standard InChI is InChI=1S/C17H20N2O6/c20-12-8-13(17(22)18-3-5-23-6-4-18)19(9-12)16(21)11-1-2-14-15(7-11)25-10-24-14/h1-2,7,12-13,20H,3-6,8-10H2. The van der Waals surface area contributed by atoms with E-state index in [-0.39, 0.29) is 31.6 Å². The van der Waals surface area contributed by atoms with Crippen LogP contribution >= 0.6 is 0 Å². The molecule has 0 radical (unpaired) electrons. The SMILES string of the molecule is O=C(C1CC(O)CN1C(=O)c1ccc2c(c1)OCO2)N1CCOCC1. The molecule has 1 N–H and O–H groups in total. The Labute approximate surface area is 144 Å². The number of amides is 2. The summed E-state index contributed by atoms with van der Waals surface area (Å²) in [5, 5.41) is 10.0. The number of likely N-dealkylation sites (tertiary alicyclic amines) is 1. The summed E-state index contributed by atoms with van der Waals surface area (Å²) in [5.74, 6) is 0.691. The summed E-state index contributed by atoms with van der Waals surface area (Å²) >= 11 is 0. The van der Waals surface area contributed by atoms with Gasteiger partial charge in [-0.2, -0.15) is 0 Å². The van der Waals surface area contributed by atoms with Gasteiger partial charge in [0.1, 0.15) is 6.04 Å². The summed E-state index contributed by atoms with van der Waals surface area (Å²) in [4.78, 5) is 28.9. The average Bonchev–Trinajstić information content (AvgIpc) is 3.26. The molecule has 134 valence electrons. The molecule has 3 aliphatic rings. The van der Waals surface area contributed by atoms with E-state index in [0.29, 0.717) is 43.4 Å². The van der Waals surface area contributed by atoms with Crippen molar-refractivity contribution < 1.29 is 28.9 Å². The van der Waals surface area contributed by atoms with Gasteiger partial charge in [-0.3, -0.25) is 9.59 Å². The predicted molar refractivity (Wildman–Crippen MR) is 85.4 cm³/mol. The van der Waals surface area contributed by atoms with Gasteiger partial charge in [-0.15, -0.1) is 0 Å². The molecule has 2 amide bonds. The summed E-state index contributed by atoms with van der Waals surface area (Å²) in [7, 11) is 0. The van der Waals surface area contributed by atoms with Crippen molar-refractivity contribution in [2.45, 2.75) is 18.6 Å². The molecule has 0 saturated carbocycles. The second-order valence-electron chi connectivity index (χ2n) is 6.37. The normalized spacial score (nSPS) is 25.3. The number of aliphatic hydroxyl groups is 1. The fraction of sp³-hybridized carbons (Fsp3) is 0.529. The third kappa shape index (κ3) is 3.03. The van der Waals surface area contributed by atoms with Gasteiger partial charge in [-0.05, 0) is 18.2 Å². The van der Waals surface area contributed by atoms with Gasteiger partial charge in [-0.1, -0.05) is 0 Å². The monoisotopic (exact) mass is 348 g/mol. The van der Waals surface area contributed by atoms with Crippen molar-refractivity contribution in [1.29, 1.82) is 0 Å². The Kier molecular flexibility index (Phi) is 4.22. The first kappa shape index (κ1) is 16.2. The van der Waals surface area contributed by atoms with Gasteiger partial charge in [0.05, 0.1) is 19.3 Å². The minimum Gasteiger partial charge on any atom is -0.454 e. The highest BCUT2D eigenvalue weighted by Gasteiger charge is 2.41. The average molecular weight is 348 g/mol. The van der Waals surface area contributed by atoms with Crippen molar-refractivity contribution in [3.8, 4) is 11.5 Å². The van der Waals surface area contributed by atoms with Gasteiger partial charge in [0.25, 0.3) is 5.91 Å². The van der Waals surface area contributed by atoms with Gasteiger partial charge < -0.3 is 29.1 Å². The molecule has 1 aromatic carbocycles. The summed E-state index contributed by atoms with van der Waals surface area (Å²) in [5.41, 5.74) is 0.415. The molecule has 0 aromatic heterocycles.